The smallest absolute Gasteiger partial charge is 0.233 e. The number of nitrogens with zero attached hydrogens (tertiary/aromatic N) is 4. The van der Waals surface area contributed by atoms with E-state index in [-0.39, 0.29) is 18.2 Å². The number of rotatable bonds is 13. The van der Waals surface area contributed by atoms with Crippen LogP contribution in [-0.2, 0) is 6.42 Å². The van der Waals surface area contributed by atoms with E-state index in [1.807, 2.05) is 45.9 Å². The van der Waals surface area contributed by atoms with E-state index >= 15 is 0 Å². The van der Waals surface area contributed by atoms with Gasteiger partial charge in [-0.1, -0.05) is 31.5 Å². The maximum atomic E-state index is 10.3. The zero-order valence-electron chi connectivity index (χ0n) is 19.2. The molecule has 1 aromatic carbocycles. The quantitative estimate of drug-likeness (QED) is 0.465. The molecule has 1 atom stereocenters. The molecule has 2 aromatic rings. The largest absolute Gasteiger partial charge is 0.491 e. The summed E-state index contributed by atoms with van der Waals surface area (Å²) in [5, 5.41) is 29.7. The van der Waals surface area contributed by atoms with Gasteiger partial charge in [0, 0.05) is 18.2 Å². The molecule has 0 fully saturated rings. The van der Waals surface area contributed by atoms with Gasteiger partial charge in [0.1, 0.15) is 25.1 Å². The lowest BCUT2D eigenvalue weighted by molar-refractivity contribution is 0.0918. The van der Waals surface area contributed by atoms with Crippen LogP contribution in [0.4, 0.5) is 5.82 Å². The van der Waals surface area contributed by atoms with Gasteiger partial charge in [0.15, 0.2) is 5.82 Å². The minimum atomic E-state index is -0.639. The van der Waals surface area contributed by atoms with Crippen LogP contribution in [0.1, 0.15) is 46.6 Å². The van der Waals surface area contributed by atoms with E-state index in [0.29, 0.717) is 24.8 Å². The molecule has 31 heavy (non-hydrogen) atoms. The van der Waals surface area contributed by atoms with Crippen LogP contribution in [0.5, 0.6) is 11.6 Å². The molecule has 0 saturated heterocycles. The lowest BCUT2D eigenvalue weighted by Gasteiger charge is -2.27. The summed E-state index contributed by atoms with van der Waals surface area (Å²) in [6.45, 7) is 11.0. The lowest BCUT2D eigenvalue weighted by Crippen LogP contribution is -2.48. The van der Waals surface area contributed by atoms with Crippen LogP contribution in [0.2, 0.25) is 0 Å². The molecule has 0 aliphatic carbocycles. The average Bonchev–Trinajstić information content (AvgIpc) is 2.75. The fraction of sp³-hybridized carbons (Fsp3) is 0.565. The Labute approximate surface area is 185 Å². The minimum absolute atomic E-state index is 0.108. The number of ether oxygens (including phenoxy) is 2. The summed E-state index contributed by atoms with van der Waals surface area (Å²) < 4.78 is 11.6. The average molecular weight is 430 g/mol. The van der Waals surface area contributed by atoms with E-state index in [1.165, 1.54) is 0 Å². The van der Waals surface area contributed by atoms with Gasteiger partial charge in [0.2, 0.25) is 5.88 Å². The molecule has 0 amide bonds. The second kappa shape index (κ2) is 12.3. The summed E-state index contributed by atoms with van der Waals surface area (Å²) in [6, 6.07) is 11.5. The number of hydrogen-bond donors (Lipinski definition) is 2. The number of aromatic nitrogens is 2. The maximum absolute atomic E-state index is 10.3. The Morgan fingerprint density at radius 3 is 2.55 bits per heavy atom. The van der Waals surface area contributed by atoms with Gasteiger partial charge in [-0.2, -0.15) is 5.11 Å². The summed E-state index contributed by atoms with van der Waals surface area (Å²) in [4.78, 5) is 0. The third kappa shape index (κ3) is 9.40. The van der Waals surface area contributed by atoms with Crippen molar-refractivity contribution in [1.29, 1.82) is 0 Å². The van der Waals surface area contributed by atoms with E-state index in [4.69, 9.17) is 9.47 Å². The third-order valence-electron chi connectivity index (χ3n) is 4.34. The summed E-state index contributed by atoms with van der Waals surface area (Å²) in [6.07, 6.45) is 1.37. The molecule has 0 saturated carbocycles. The van der Waals surface area contributed by atoms with Gasteiger partial charge in [-0.15, -0.1) is 15.3 Å². The zero-order valence-corrected chi connectivity index (χ0v) is 19.2. The van der Waals surface area contributed by atoms with Gasteiger partial charge in [-0.25, -0.2) is 0 Å². The van der Waals surface area contributed by atoms with Gasteiger partial charge in [-0.3, -0.25) is 0 Å². The van der Waals surface area contributed by atoms with Gasteiger partial charge < -0.3 is 19.9 Å². The molecule has 8 nitrogen and oxygen atoms in total. The Bertz CT molecular complexity index is 809. The number of para-hydroxylation sites is 1. The summed E-state index contributed by atoms with van der Waals surface area (Å²) in [5.41, 5.74) is 0.787. The van der Waals surface area contributed by atoms with Gasteiger partial charge in [0.25, 0.3) is 0 Å². The van der Waals surface area contributed by atoms with Crippen LogP contribution >= 0.6 is 0 Å². The van der Waals surface area contributed by atoms with Crippen molar-refractivity contribution in [2.45, 2.75) is 65.1 Å². The van der Waals surface area contributed by atoms with E-state index in [0.717, 1.165) is 24.2 Å². The molecule has 1 heterocycles. The van der Waals surface area contributed by atoms with E-state index in [2.05, 4.69) is 38.7 Å². The minimum Gasteiger partial charge on any atom is -0.491 e. The molecule has 0 spiro atoms. The van der Waals surface area contributed by atoms with E-state index in [9.17, 15) is 5.11 Å². The fourth-order valence-corrected chi connectivity index (χ4v) is 2.68. The number of hydrogen-bond acceptors (Lipinski definition) is 8. The van der Waals surface area contributed by atoms with Crippen molar-refractivity contribution >= 4 is 5.82 Å². The molecule has 0 aliphatic rings. The van der Waals surface area contributed by atoms with E-state index < -0.39 is 6.10 Å². The Balaban J connectivity index is 1.75. The molecule has 1 unspecified atom stereocenters. The zero-order chi connectivity index (χ0) is 22.7. The first-order chi connectivity index (χ1) is 14.8. The number of nitrogens with one attached hydrogen (secondary N) is 1. The normalized spacial score (nSPS) is 13.0. The number of aryl methyl sites for hydroxylation is 1. The molecule has 0 radical (unpaired) electrons. The second-order valence-corrected chi connectivity index (χ2v) is 8.41. The molecule has 170 valence electrons. The number of azo groups is 1. The van der Waals surface area contributed by atoms with Crippen molar-refractivity contribution in [1.82, 2.24) is 15.5 Å². The van der Waals surface area contributed by atoms with Crippen molar-refractivity contribution in [3.05, 3.63) is 42.0 Å². The molecular formula is C23H35N5O3. The Hall–Kier alpha value is -2.58. The molecule has 2 N–H and O–H groups in total. The van der Waals surface area contributed by atoms with E-state index in [1.54, 1.807) is 12.1 Å². The summed E-state index contributed by atoms with van der Waals surface area (Å²) in [7, 11) is 0. The Morgan fingerprint density at radius 1 is 1.10 bits per heavy atom. The van der Waals surface area contributed by atoms with Crippen molar-refractivity contribution in [2.75, 3.05) is 19.8 Å². The van der Waals surface area contributed by atoms with Gasteiger partial charge in [-0.05, 0) is 51.8 Å². The molecule has 2 rings (SSSR count). The second-order valence-electron chi connectivity index (χ2n) is 8.41. The standard InChI is InChI=1S/C23H35N5O3/c1-6-9-18-10-7-8-11-20(18)30-15-19(29)14-24-23(4,5)16-31-22-13-12-21(27-28-22)26-25-17(2)3/h7-8,10-13,17,19,24,29H,6,9,14-16H2,1-5H3. The predicted molar refractivity (Wildman–Crippen MR) is 121 cm³/mol. The highest BCUT2D eigenvalue weighted by Crippen LogP contribution is 2.19. The Kier molecular flexibility index (Phi) is 9.81. The number of benzene rings is 1. The number of aliphatic hydroxyl groups is 1. The molecule has 0 bridgehead atoms. The van der Waals surface area contributed by atoms with Crippen LogP contribution in [0.25, 0.3) is 0 Å². The molecule has 0 aliphatic heterocycles. The molecular weight excluding hydrogens is 394 g/mol. The van der Waals surface area contributed by atoms with Gasteiger partial charge >= 0.3 is 0 Å². The van der Waals surface area contributed by atoms with Crippen molar-refractivity contribution in [3.63, 3.8) is 0 Å². The number of aliphatic hydroxyl groups excluding tert-OH is 1. The lowest BCUT2D eigenvalue weighted by atomic mass is 10.1. The first kappa shape index (κ1) is 24.7. The number of β-amino-alcohol motifs (C(OH)–C–C–N with tert-alkyl or cyclic N) is 1. The van der Waals surface area contributed by atoms with Crippen LogP contribution in [0.3, 0.4) is 0 Å². The summed E-state index contributed by atoms with van der Waals surface area (Å²) >= 11 is 0. The molecule has 1 aromatic heterocycles. The Morgan fingerprint density at radius 2 is 1.87 bits per heavy atom. The van der Waals surface area contributed by atoms with Crippen molar-refractivity contribution in [3.8, 4) is 11.6 Å². The third-order valence-corrected chi connectivity index (χ3v) is 4.34. The van der Waals surface area contributed by atoms with Gasteiger partial charge in [0.05, 0.1) is 6.04 Å². The fourth-order valence-electron chi connectivity index (χ4n) is 2.68. The predicted octanol–water partition coefficient (Wildman–Crippen LogP) is 4.11. The highest BCUT2D eigenvalue weighted by atomic mass is 16.5. The van der Waals surface area contributed by atoms with Crippen molar-refractivity contribution in [2.24, 2.45) is 10.2 Å². The van der Waals surface area contributed by atoms with Crippen LogP contribution in [-0.4, -0.2) is 52.7 Å². The monoisotopic (exact) mass is 429 g/mol. The molecule has 8 heteroatoms. The first-order valence-electron chi connectivity index (χ1n) is 10.8. The highest BCUT2D eigenvalue weighted by Gasteiger charge is 2.20. The SMILES string of the molecule is CCCc1ccccc1OCC(O)CNC(C)(C)COc1ccc(N=NC(C)C)nn1. The van der Waals surface area contributed by atoms with Crippen molar-refractivity contribution < 1.29 is 14.6 Å². The van der Waals surface area contributed by atoms with Crippen LogP contribution in [0.15, 0.2) is 46.6 Å². The van der Waals surface area contributed by atoms with Crippen LogP contribution < -0.4 is 14.8 Å². The first-order valence-corrected chi connectivity index (χ1v) is 10.8. The summed E-state index contributed by atoms with van der Waals surface area (Å²) in [5.74, 6) is 1.69. The topological polar surface area (TPSA) is 101 Å². The highest BCUT2D eigenvalue weighted by molar-refractivity contribution is 5.33. The maximum Gasteiger partial charge on any atom is 0.233 e. The van der Waals surface area contributed by atoms with Crippen LogP contribution in [0, 0.1) is 0 Å².